The van der Waals surface area contributed by atoms with Gasteiger partial charge in [0.2, 0.25) is 0 Å². The standard InChI is InChI=1S/C16H23NO/c1-11-7-14-13(8-12(11)9-18)15(2,3)10-16(4,5)17(14)6/h7-9H,10H2,1-6H3. The second-order valence-electron chi connectivity index (χ2n) is 6.78. The number of benzene rings is 1. The monoisotopic (exact) mass is 245 g/mol. The van der Waals surface area contributed by atoms with Crippen molar-refractivity contribution in [3.05, 3.63) is 28.8 Å². The van der Waals surface area contributed by atoms with Crippen molar-refractivity contribution in [1.29, 1.82) is 0 Å². The van der Waals surface area contributed by atoms with Crippen LogP contribution in [0.1, 0.15) is 55.6 Å². The Bertz CT molecular complexity index is 500. The van der Waals surface area contributed by atoms with Crippen molar-refractivity contribution in [3.63, 3.8) is 0 Å². The maximum Gasteiger partial charge on any atom is 0.150 e. The average Bonchev–Trinajstić information content (AvgIpc) is 2.24. The maximum atomic E-state index is 11.1. The largest absolute Gasteiger partial charge is 0.369 e. The first-order valence-corrected chi connectivity index (χ1v) is 6.53. The molecule has 2 nitrogen and oxygen atoms in total. The molecule has 1 aromatic carbocycles. The van der Waals surface area contributed by atoms with Crippen LogP contribution in [0.25, 0.3) is 0 Å². The number of carbonyl (C=O) groups excluding carboxylic acids is 1. The predicted molar refractivity (Wildman–Crippen MR) is 76.7 cm³/mol. The fourth-order valence-electron chi connectivity index (χ4n) is 3.28. The molecule has 0 radical (unpaired) electrons. The second-order valence-corrected chi connectivity index (χ2v) is 6.78. The van der Waals surface area contributed by atoms with Crippen LogP contribution in [0.3, 0.4) is 0 Å². The summed E-state index contributed by atoms with van der Waals surface area (Å²) in [5, 5.41) is 0. The van der Waals surface area contributed by atoms with E-state index in [1.807, 2.05) is 6.92 Å². The summed E-state index contributed by atoms with van der Waals surface area (Å²) in [5.41, 5.74) is 4.68. The van der Waals surface area contributed by atoms with Crippen molar-refractivity contribution in [3.8, 4) is 0 Å². The summed E-state index contributed by atoms with van der Waals surface area (Å²) in [5.74, 6) is 0. The highest BCUT2D eigenvalue weighted by atomic mass is 16.1. The van der Waals surface area contributed by atoms with E-state index in [9.17, 15) is 4.79 Å². The highest BCUT2D eigenvalue weighted by molar-refractivity contribution is 5.80. The SMILES string of the molecule is Cc1cc2c(cc1C=O)C(C)(C)CC(C)(C)N2C. The Labute approximate surface area is 110 Å². The molecule has 2 heteroatoms. The number of anilines is 1. The molecule has 0 saturated heterocycles. The van der Waals surface area contributed by atoms with E-state index in [1.54, 1.807) is 0 Å². The number of fused-ring (bicyclic) bond motifs is 1. The Morgan fingerprint density at radius 2 is 1.83 bits per heavy atom. The first-order valence-electron chi connectivity index (χ1n) is 6.53. The first-order chi connectivity index (χ1) is 8.19. The summed E-state index contributed by atoms with van der Waals surface area (Å²) in [6.07, 6.45) is 2.05. The molecule has 0 bridgehead atoms. The Balaban J connectivity index is 2.70. The molecule has 0 amide bonds. The van der Waals surface area contributed by atoms with Crippen LogP contribution in [0.15, 0.2) is 12.1 Å². The minimum atomic E-state index is 0.108. The lowest BCUT2D eigenvalue weighted by atomic mass is 9.69. The van der Waals surface area contributed by atoms with E-state index in [4.69, 9.17) is 0 Å². The molecule has 18 heavy (non-hydrogen) atoms. The van der Waals surface area contributed by atoms with E-state index < -0.39 is 0 Å². The van der Waals surface area contributed by atoms with Gasteiger partial charge in [0, 0.05) is 23.8 Å². The lowest BCUT2D eigenvalue weighted by Crippen LogP contribution is -2.50. The van der Waals surface area contributed by atoms with Crippen LogP contribution in [0.5, 0.6) is 0 Å². The molecule has 0 spiro atoms. The van der Waals surface area contributed by atoms with Gasteiger partial charge in [-0.3, -0.25) is 4.79 Å². The van der Waals surface area contributed by atoms with Gasteiger partial charge in [-0.05, 0) is 55.9 Å². The van der Waals surface area contributed by atoms with Crippen molar-refractivity contribution < 1.29 is 4.79 Å². The zero-order chi connectivity index (χ0) is 13.7. The van der Waals surface area contributed by atoms with Crippen LogP contribution in [-0.2, 0) is 5.41 Å². The smallest absolute Gasteiger partial charge is 0.150 e. The summed E-state index contributed by atoms with van der Waals surface area (Å²) < 4.78 is 0. The van der Waals surface area contributed by atoms with Crippen molar-refractivity contribution >= 4 is 12.0 Å². The quantitative estimate of drug-likeness (QED) is 0.703. The minimum Gasteiger partial charge on any atom is -0.369 e. The molecule has 1 aliphatic rings. The molecule has 0 atom stereocenters. The molecule has 1 heterocycles. The molecule has 1 aliphatic heterocycles. The van der Waals surface area contributed by atoms with Gasteiger partial charge in [-0.2, -0.15) is 0 Å². The van der Waals surface area contributed by atoms with Crippen LogP contribution in [0, 0.1) is 6.92 Å². The topological polar surface area (TPSA) is 20.3 Å². The van der Waals surface area contributed by atoms with E-state index in [-0.39, 0.29) is 11.0 Å². The molecular weight excluding hydrogens is 222 g/mol. The summed E-state index contributed by atoms with van der Waals surface area (Å²) >= 11 is 0. The van der Waals surface area contributed by atoms with Crippen molar-refractivity contribution in [1.82, 2.24) is 0 Å². The Kier molecular flexibility index (Phi) is 2.80. The fraction of sp³-hybridized carbons (Fsp3) is 0.562. The number of aryl methyl sites for hydroxylation is 1. The fourth-order valence-corrected chi connectivity index (χ4v) is 3.28. The van der Waals surface area contributed by atoms with E-state index in [0.29, 0.717) is 0 Å². The normalized spacial score (nSPS) is 20.4. The zero-order valence-corrected chi connectivity index (χ0v) is 12.3. The molecule has 98 valence electrons. The second kappa shape index (κ2) is 3.84. The van der Waals surface area contributed by atoms with Crippen LogP contribution >= 0.6 is 0 Å². The molecule has 2 rings (SSSR count). The van der Waals surface area contributed by atoms with Gasteiger partial charge < -0.3 is 4.90 Å². The van der Waals surface area contributed by atoms with Crippen molar-refractivity contribution in [2.75, 3.05) is 11.9 Å². The van der Waals surface area contributed by atoms with Crippen molar-refractivity contribution in [2.45, 2.75) is 52.0 Å². The minimum absolute atomic E-state index is 0.108. The van der Waals surface area contributed by atoms with Gasteiger partial charge in [-0.25, -0.2) is 0 Å². The molecule has 0 aromatic heterocycles. The third-order valence-electron chi connectivity index (χ3n) is 4.38. The lowest BCUT2D eigenvalue weighted by molar-refractivity contribution is 0.112. The van der Waals surface area contributed by atoms with Crippen LogP contribution in [-0.4, -0.2) is 18.9 Å². The van der Waals surface area contributed by atoms with Gasteiger partial charge in [0.25, 0.3) is 0 Å². The highest BCUT2D eigenvalue weighted by Gasteiger charge is 2.40. The Hall–Kier alpha value is -1.31. The molecular formula is C16H23NO. The molecule has 1 aromatic rings. The van der Waals surface area contributed by atoms with E-state index in [1.165, 1.54) is 11.3 Å². The molecule has 0 saturated carbocycles. The van der Waals surface area contributed by atoms with Gasteiger partial charge in [0.15, 0.2) is 0 Å². The number of nitrogens with zero attached hydrogens (tertiary/aromatic N) is 1. The number of hydrogen-bond acceptors (Lipinski definition) is 2. The third-order valence-corrected chi connectivity index (χ3v) is 4.38. The lowest BCUT2D eigenvalue weighted by Gasteiger charge is -2.50. The van der Waals surface area contributed by atoms with Crippen LogP contribution in [0.4, 0.5) is 5.69 Å². The number of rotatable bonds is 1. The van der Waals surface area contributed by atoms with Gasteiger partial charge in [-0.1, -0.05) is 13.8 Å². The number of hydrogen-bond donors (Lipinski definition) is 0. The predicted octanol–water partition coefficient (Wildman–Crippen LogP) is 3.70. The van der Waals surface area contributed by atoms with Crippen LogP contribution in [0.2, 0.25) is 0 Å². The number of carbonyl (C=O) groups is 1. The maximum absolute atomic E-state index is 11.1. The molecule has 0 fully saturated rings. The van der Waals surface area contributed by atoms with Crippen molar-refractivity contribution in [2.24, 2.45) is 0 Å². The van der Waals surface area contributed by atoms with E-state index in [0.717, 1.165) is 23.8 Å². The number of aldehydes is 1. The summed E-state index contributed by atoms with van der Waals surface area (Å²) in [7, 11) is 2.15. The van der Waals surface area contributed by atoms with Crippen LogP contribution < -0.4 is 4.90 Å². The van der Waals surface area contributed by atoms with Gasteiger partial charge in [-0.15, -0.1) is 0 Å². The van der Waals surface area contributed by atoms with Gasteiger partial charge >= 0.3 is 0 Å². The molecule has 0 N–H and O–H groups in total. The summed E-state index contributed by atoms with van der Waals surface area (Å²) in [6, 6.07) is 4.23. The van der Waals surface area contributed by atoms with E-state index >= 15 is 0 Å². The summed E-state index contributed by atoms with van der Waals surface area (Å²) in [4.78, 5) is 13.5. The van der Waals surface area contributed by atoms with Gasteiger partial charge in [0.05, 0.1) is 0 Å². The molecule has 0 aliphatic carbocycles. The Morgan fingerprint density at radius 1 is 1.22 bits per heavy atom. The first kappa shape index (κ1) is 13.1. The summed E-state index contributed by atoms with van der Waals surface area (Å²) in [6.45, 7) is 11.1. The highest BCUT2D eigenvalue weighted by Crippen LogP contribution is 2.46. The van der Waals surface area contributed by atoms with Gasteiger partial charge in [0.1, 0.15) is 6.29 Å². The third kappa shape index (κ3) is 1.84. The molecule has 0 unspecified atom stereocenters. The zero-order valence-electron chi connectivity index (χ0n) is 12.3. The average molecular weight is 245 g/mol. The Morgan fingerprint density at radius 3 is 2.39 bits per heavy atom. The van der Waals surface area contributed by atoms with E-state index in [2.05, 4.69) is 51.8 Å².